The second-order valence-corrected chi connectivity index (χ2v) is 5.84. The Morgan fingerprint density at radius 1 is 0.963 bits per heavy atom. The van der Waals surface area contributed by atoms with Crippen molar-refractivity contribution in [3.63, 3.8) is 0 Å². The maximum absolute atomic E-state index is 11.1. The Labute approximate surface area is 160 Å². The summed E-state index contributed by atoms with van der Waals surface area (Å²) in [5.74, 6) is 0.197. The first-order valence-corrected chi connectivity index (χ1v) is 8.30. The van der Waals surface area contributed by atoms with Gasteiger partial charge in [0.05, 0.1) is 16.3 Å². The standard InChI is InChI=1S/C19H14ClN5O2/c20-15-7-5-10-17(13-15)22-24-19(23-21-16-8-2-1-3-9-16)14-6-4-11-18(12-14)25(26)27/h1-13,22H/b23-21?,24-19-. The summed E-state index contributed by atoms with van der Waals surface area (Å²) in [6, 6.07) is 22.2. The molecule has 0 atom stereocenters. The fourth-order valence-corrected chi connectivity index (χ4v) is 2.37. The molecule has 0 aromatic heterocycles. The highest BCUT2D eigenvalue weighted by Crippen LogP contribution is 2.18. The largest absolute Gasteiger partial charge is 0.276 e. The van der Waals surface area contributed by atoms with Gasteiger partial charge in [-0.15, -0.1) is 10.2 Å². The summed E-state index contributed by atoms with van der Waals surface area (Å²) in [6.45, 7) is 0. The molecule has 134 valence electrons. The van der Waals surface area contributed by atoms with Gasteiger partial charge in [-0.05, 0) is 30.3 Å². The quantitative estimate of drug-likeness (QED) is 0.199. The molecule has 0 fully saturated rings. The fourth-order valence-electron chi connectivity index (χ4n) is 2.18. The average Bonchev–Trinajstić information content (AvgIpc) is 2.69. The van der Waals surface area contributed by atoms with Crippen molar-refractivity contribution in [2.45, 2.75) is 0 Å². The van der Waals surface area contributed by atoms with Gasteiger partial charge >= 0.3 is 0 Å². The van der Waals surface area contributed by atoms with Crippen LogP contribution in [0.5, 0.6) is 0 Å². The normalized spacial score (nSPS) is 11.5. The lowest BCUT2D eigenvalue weighted by Crippen LogP contribution is -2.02. The predicted molar refractivity (Wildman–Crippen MR) is 106 cm³/mol. The van der Waals surface area contributed by atoms with Gasteiger partial charge in [0.1, 0.15) is 0 Å². The van der Waals surface area contributed by atoms with Crippen LogP contribution in [0.15, 0.2) is 94.2 Å². The molecular formula is C19H14ClN5O2. The number of nitrogens with one attached hydrogen (secondary N) is 1. The number of non-ortho nitro benzene ring substituents is 1. The Bertz CT molecular complexity index is 1010. The Hall–Kier alpha value is -3.58. The highest BCUT2D eigenvalue weighted by atomic mass is 35.5. The second kappa shape index (κ2) is 8.68. The minimum atomic E-state index is -0.472. The summed E-state index contributed by atoms with van der Waals surface area (Å²) in [6.07, 6.45) is 0. The molecule has 27 heavy (non-hydrogen) atoms. The smallest absolute Gasteiger partial charge is 0.270 e. The molecule has 3 rings (SSSR count). The first kappa shape index (κ1) is 18.2. The number of nitro benzene ring substituents is 1. The van der Waals surface area contributed by atoms with Crippen molar-refractivity contribution in [2.24, 2.45) is 15.3 Å². The number of hydrogen-bond donors (Lipinski definition) is 1. The van der Waals surface area contributed by atoms with E-state index < -0.39 is 4.92 Å². The molecule has 1 N–H and O–H groups in total. The third-order valence-electron chi connectivity index (χ3n) is 3.45. The number of amidine groups is 1. The Morgan fingerprint density at radius 2 is 1.74 bits per heavy atom. The predicted octanol–water partition coefficient (Wildman–Crippen LogP) is 5.81. The molecule has 0 aliphatic heterocycles. The number of azo groups is 1. The molecular weight excluding hydrogens is 366 g/mol. The van der Waals surface area contributed by atoms with Crippen molar-refractivity contribution >= 4 is 34.5 Å². The molecule has 3 aromatic rings. The van der Waals surface area contributed by atoms with Crippen molar-refractivity contribution in [3.8, 4) is 0 Å². The van der Waals surface area contributed by atoms with Crippen LogP contribution in [0.25, 0.3) is 0 Å². The van der Waals surface area contributed by atoms with Crippen LogP contribution in [0.2, 0.25) is 5.02 Å². The van der Waals surface area contributed by atoms with Crippen LogP contribution in [0.1, 0.15) is 5.56 Å². The second-order valence-electron chi connectivity index (χ2n) is 5.40. The van der Waals surface area contributed by atoms with E-state index in [1.807, 2.05) is 18.2 Å². The van der Waals surface area contributed by atoms with Gasteiger partial charge in [-0.2, -0.15) is 5.10 Å². The van der Waals surface area contributed by atoms with Crippen LogP contribution >= 0.6 is 11.6 Å². The molecule has 0 amide bonds. The third kappa shape index (κ3) is 5.20. The molecule has 0 aliphatic carbocycles. The van der Waals surface area contributed by atoms with E-state index in [-0.39, 0.29) is 11.5 Å². The number of benzene rings is 3. The maximum atomic E-state index is 11.1. The van der Waals surface area contributed by atoms with Crippen LogP contribution < -0.4 is 5.43 Å². The Balaban J connectivity index is 1.95. The summed E-state index contributed by atoms with van der Waals surface area (Å²) < 4.78 is 0. The minimum Gasteiger partial charge on any atom is -0.276 e. The minimum absolute atomic E-state index is 0.0575. The van der Waals surface area contributed by atoms with Crippen molar-refractivity contribution in [1.29, 1.82) is 0 Å². The van der Waals surface area contributed by atoms with Crippen LogP contribution in [0, 0.1) is 10.1 Å². The number of nitrogens with zero attached hydrogens (tertiary/aromatic N) is 4. The first-order valence-electron chi connectivity index (χ1n) is 7.93. The number of anilines is 1. The molecule has 0 unspecified atom stereocenters. The Kier molecular flexibility index (Phi) is 5.86. The van der Waals surface area contributed by atoms with Crippen molar-refractivity contribution in [2.75, 3.05) is 5.43 Å². The summed E-state index contributed by atoms with van der Waals surface area (Å²) in [5, 5.41) is 24.2. The van der Waals surface area contributed by atoms with E-state index in [2.05, 4.69) is 20.8 Å². The monoisotopic (exact) mass is 379 g/mol. The van der Waals surface area contributed by atoms with Gasteiger partial charge in [-0.25, -0.2) is 0 Å². The molecule has 3 aromatic carbocycles. The average molecular weight is 380 g/mol. The van der Waals surface area contributed by atoms with E-state index in [9.17, 15) is 10.1 Å². The van der Waals surface area contributed by atoms with E-state index in [0.29, 0.717) is 22.0 Å². The van der Waals surface area contributed by atoms with Crippen molar-refractivity contribution < 1.29 is 4.92 Å². The molecule has 0 saturated heterocycles. The summed E-state index contributed by atoms with van der Waals surface area (Å²) >= 11 is 5.97. The highest BCUT2D eigenvalue weighted by Gasteiger charge is 2.10. The lowest BCUT2D eigenvalue weighted by atomic mass is 10.2. The number of hydrazone groups is 1. The number of nitro groups is 1. The van der Waals surface area contributed by atoms with E-state index in [4.69, 9.17) is 11.6 Å². The molecule has 0 aliphatic rings. The van der Waals surface area contributed by atoms with Crippen LogP contribution in [0.4, 0.5) is 17.1 Å². The van der Waals surface area contributed by atoms with E-state index >= 15 is 0 Å². The van der Waals surface area contributed by atoms with Gasteiger partial charge in [0.25, 0.3) is 5.69 Å². The molecule has 0 saturated carbocycles. The van der Waals surface area contributed by atoms with Crippen LogP contribution in [-0.2, 0) is 0 Å². The molecule has 0 heterocycles. The van der Waals surface area contributed by atoms with Crippen molar-refractivity contribution in [3.05, 3.63) is 99.6 Å². The third-order valence-corrected chi connectivity index (χ3v) is 3.68. The zero-order chi connectivity index (χ0) is 19.1. The van der Waals surface area contributed by atoms with Gasteiger partial charge in [0.2, 0.25) is 5.84 Å². The zero-order valence-electron chi connectivity index (χ0n) is 14.0. The van der Waals surface area contributed by atoms with E-state index in [1.54, 1.807) is 48.5 Å². The van der Waals surface area contributed by atoms with E-state index in [0.717, 1.165) is 0 Å². The molecule has 8 heteroatoms. The molecule has 0 radical (unpaired) electrons. The van der Waals surface area contributed by atoms with Gasteiger partial charge in [-0.1, -0.05) is 48.0 Å². The van der Waals surface area contributed by atoms with Crippen LogP contribution in [0.3, 0.4) is 0 Å². The SMILES string of the molecule is O=[N+]([O-])c1cccc(/C(N=Nc2ccccc2)=N/Nc2cccc(Cl)c2)c1. The van der Waals surface area contributed by atoms with Gasteiger partial charge < -0.3 is 0 Å². The molecule has 0 bridgehead atoms. The number of hydrogen-bond acceptors (Lipinski definition) is 5. The van der Waals surface area contributed by atoms with Gasteiger partial charge in [0, 0.05) is 22.7 Å². The maximum Gasteiger partial charge on any atom is 0.270 e. The van der Waals surface area contributed by atoms with Crippen molar-refractivity contribution in [1.82, 2.24) is 0 Å². The lowest BCUT2D eigenvalue weighted by Gasteiger charge is -2.04. The fraction of sp³-hybridized carbons (Fsp3) is 0. The van der Waals surface area contributed by atoms with E-state index in [1.165, 1.54) is 12.1 Å². The molecule has 0 spiro atoms. The summed E-state index contributed by atoms with van der Waals surface area (Å²) in [7, 11) is 0. The number of rotatable bonds is 5. The van der Waals surface area contributed by atoms with Gasteiger partial charge in [-0.3, -0.25) is 15.5 Å². The number of halogens is 1. The Morgan fingerprint density at radius 3 is 2.48 bits per heavy atom. The topological polar surface area (TPSA) is 92.2 Å². The lowest BCUT2D eigenvalue weighted by molar-refractivity contribution is -0.384. The first-order chi connectivity index (χ1) is 13.1. The zero-order valence-corrected chi connectivity index (χ0v) is 14.7. The highest BCUT2D eigenvalue weighted by molar-refractivity contribution is 6.30. The summed E-state index contributed by atoms with van der Waals surface area (Å²) in [5.41, 5.74) is 4.54. The molecule has 7 nitrogen and oxygen atoms in total. The van der Waals surface area contributed by atoms with Crippen LogP contribution in [-0.4, -0.2) is 10.8 Å². The van der Waals surface area contributed by atoms with Gasteiger partial charge in [0.15, 0.2) is 0 Å². The summed E-state index contributed by atoms with van der Waals surface area (Å²) in [4.78, 5) is 10.6.